The molecule has 0 heterocycles. The first-order valence-electron chi connectivity index (χ1n) is 4.12. The molecule has 1 aromatic carbocycles. The topological polar surface area (TPSA) is 49.9 Å². The normalized spacial score (nSPS) is 8.25. The van der Waals surface area contributed by atoms with Crippen LogP contribution in [0.15, 0.2) is 24.3 Å². The Kier molecular flexibility index (Phi) is 4.77. The molecule has 0 saturated heterocycles. The lowest BCUT2D eigenvalue weighted by molar-refractivity contribution is 1.46. The molecule has 0 saturated carbocycles. The fourth-order valence-corrected chi connectivity index (χ4v) is 0.839. The molecular weight excluding hydrogens is 148 g/mol. The van der Waals surface area contributed by atoms with E-state index in [1.807, 2.05) is 32.0 Å². The van der Waals surface area contributed by atoms with Crippen LogP contribution in [0.3, 0.4) is 0 Å². The monoisotopic (exact) mass is 164 g/mol. The van der Waals surface area contributed by atoms with Crippen molar-refractivity contribution in [2.45, 2.75) is 20.8 Å². The van der Waals surface area contributed by atoms with Gasteiger partial charge in [-0.2, -0.15) is 0 Å². The molecule has 12 heavy (non-hydrogen) atoms. The molecular formula is C10H16N2. The number of anilines is 1. The number of rotatable bonds is 1. The summed E-state index contributed by atoms with van der Waals surface area (Å²) >= 11 is 0. The molecule has 0 aliphatic rings. The molecule has 66 valence electrons. The summed E-state index contributed by atoms with van der Waals surface area (Å²) < 4.78 is 0. The first-order chi connectivity index (χ1) is 5.72. The summed E-state index contributed by atoms with van der Waals surface area (Å²) in [6, 6.07) is 7.39. The Morgan fingerprint density at radius 1 is 1.25 bits per heavy atom. The van der Waals surface area contributed by atoms with Gasteiger partial charge in [0.05, 0.1) is 0 Å². The van der Waals surface area contributed by atoms with E-state index in [0.29, 0.717) is 11.4 Å². The number of hydrogen-bond donors (Lipinski definition) is 2. The zero-order chi connectivity index (χ0) is 9.56. The summed E-state index contributed by atoms with van der Waals surface area (Å²) in [5, 5.41) is 7.30. The van der Waals surface area contributed by atoms with Crippen LogP contribution >= 0.6 is 0 Å². The lowest BCUT2D eigenvalue weighted by Crippen LogP contribution is -1.97. The number of benzene rings is 1. The summed E-state index contributed by atoms with van der Waals surface area (Å²) in [5.74, 6) is 0. The summed E-state index contributed by atoms with van der Waals surface area (Å²) in [5.41, 5.74) is 7.59. The van der Waals surface area contributed by atoms with Gasteiger partial charge in [-0.1, -0.05) is 32.0 Å². The molecule has 1 rings (SSSR count). The SMILES string of the molecule is CC.CC(=N)c1ccccc1N. The van der Waals surface area contributed by atoms with Crippen molar-refractivity contribution in [2.75, 3.05) is 5.73 Å². The zero-order valence-corrected chi connectivity index (χ0v) is 7.89. The number of nitrogens with two attached hydrogens (primary N) is 1. The summed E-state index contributed by atoms with van der Waals surface area (Å²) in [6.07, 6.45) is 0. The van der Waals surface area contributed by atoms with E-state index in [2.05, 4.69) is 0 Å². The van der Waals surface area contributed by atoms with Crippen LogP contribution in [0.5, 0.6) is 0 Å². The maximum Gasteiger partial charge on any atom is 0.0405 e. The fourth-order valence-electron chi connectivity index (χ4n) is 0.839. The van der Waals surface area contributed by atoms with Crippen molar-refractivity contribution in [3.05, 3.63) is 29.8 Å². The quantitative estimate of drug-likeness (QED) is 0.486. The Balaban J connectivity index is 0.000000561. The number of hydrogen-bond acceptors (Lipinski definition) is 2. The number of nitrogens with one attached hydrogen (secondary N) is 1. The van der Waals surface area contributed by atoms with Gasteiger partial charge in [-0.05, 0) is 13.0 Å². The highest BCUT2D eigenvalue weighted by atomic mass is 14.6. The Bertz CT molecular complexity index is 254. The van der Waals surface area contributed by atoms with Crippen LogP contribution in [0, 0.1) is 5.41 Å². The van der Waals surface area contributed by atoms with Gasteiger partial charge in [0.2, 0.25) is 0 Å². The molecule has 0 atom stereocenters. The molecule has 0 aliphatic heterocycles. The van der Waals surface area contributed by atoms with Gasteiger partial charge < -0.3 is 11.1 Å². The standard InChI is InChI=1S/C8H10N2.C2H6/c1-6(9)7-4-2-3-5-8(7)10;1-2/h2-5,9H,10H2,1H3;1-2H3. The van der Waals surface area contributed by atoms with E-state index >= 15 is 0 Å². The number of para-hydroxylation sites is 1. The van der Waals surface area contributed by atoms with Gasteiger partial charge in [0.25, 0.3) is 0 Å². The highest BCUT2D eigenvalue weighted by molar-refractivity contribution is 6.00. The smallest absolute Gasteiger partial charge is 0.0405 e. The van der Waals surface area contributed by atoms with E-state index in [1.54, 1.807) is 13.0 Å². The van der Waals surface area contributed by atoms with Crippen molar-refractivity contribution >= 4 is 11.4 Å². The van der Waals surface area contributed by atoms with E-state index in [0.717, 1.165) is 5.56 Å². The van der Waals surface area contributed by atoms with E-state index in [1.165, 1.54) is 0 Å². The molecule has 1 aromatic rings. The Labute approximate surface area is 73.9 Å². The van der Waals surface area contributed by atoms with Crippen molar-refractivity contribution < 1.29 is 0 Å². The minimum absolute atomic E-state index is 0.512. The molecule has 0 amide bonds. The molecule has 0 unspecified atom stereocenters. The third-order valence-corrected chi connectivity index (χ3v) is 1.36. The Morgan fingerprint density at radius 2 is 1.75 bits per heavy atom. The van der Waals surface area contributed by atoms with E-state index in [9.17, 15) is 0 Å². The second-order valence-corrected chi connectivity index (χ2v) is 2.21. The van der Waals surface area contributed by atoms with Crippen molar-refractivity contribution in [3.63, 3.8) is 0 Å². The Morgan fingerprint density at radius 3 is 2.08 bits per heavy atom. The lowest BCUT2D eigenvalue weighted by Gasteiger charge is -2.00. The van der Waals surface area contributed by atoms with Crippen molar-refractivity contribution in [1.29, 1.82) is 5.41 Å². The van der Waals surface area contributed by atoms with Crippen molar-refractivity contribution in [3.8, 4) is 0 Å². The second kappa shape index (κ2) is 5.35. The molecule has 0 bridgehead atoms. The largest absolute Gasteiger partial charge is 0.398 e. The second-order valence-electron chi connectivity index (χ2n) is 2.21. The van der Waals surface area contributed by atoms with Crippen LogP contribution in [-0.4, -0.2) is 5.71 Å². The maximum atomic E-state index is 7.30. The third-order valence-electron chi connectivity index (χ3n) is 1.36. The predicted molar refractivity (Wildman–Crippen MR) is 54.7 cm³/mol. The highest BCUT2D eigenvalue weighted by Crippen LogP contribution is 2.09. The molecule has 0 aromatic heterocycles. The first-order valence-corrected chi connectivity index (χ1v) is 4.12. The first kappa shape index (κ1) is 10.7. The molecule has 0 aliphatic carbocycles. The molecule has 2 heteroatoms. The van der Waals surface area contributed by atoms with Crippen molar-refractivity contribution in [1.82, 2.24) is 0 Å². The lowest BCUT2D eigenvalue weighted by atomic mass is 10.1. The van der Waals surface area contributed by atoms with Gasteiger partial charge in [0.15, 0.2) is 0 Å². The summed E-state index contributed by atoms with van der Waals surface area (Å²) in [6.45, 7) is 5.73. The molecule has 3 N–H and O–H groups in total. The fraction of sp³-hybridized carbons (Fsp3) is 0.300. The molecule has 0 fully saturated rings. The van der Waals surface area contributed by atoms with E-state index < -0.39 is 0 Å². The van der Waals surface area contributed by atoms with Gasteiger partial charge in [-0.15, -0.1) is 0 Å². The minimum Gasteiger partial charge on any atom is -0.398 e. The molecule has 0 spiro atoms. The highest BCUT2D eigenvalue weighted by Gasteiger charge is 1.96. The van der Waals surface area contributed by atoms with Crippen LogP contribution in [0.4, 0.5) is 5.69 Å². The van der Waals surface area contributed by atoms with E-state index in [-0.39, 0.29) is 0 Å². The average molecular weight is 164 g/mol. The van der Waals surface area contributed by atoms with Crippen LogP contribution in [-0.2, 0) is 0 Å². The van der Waals surface area contributed by atoms with Crippen LogP contribution in [0.25, 0.3) is 0 Å². The van der Waals surface area contributed by atoms with Gasteiger partial charge in [0, 0.05) is 17.0 Å². The van der Waals surface area contributed by atoms with Gasteiger partial charge in [-0.3, -0.25) is 0 Å². The van der Waals surface area contributed by atoms with Crippen LogP contribution in [0.1, 0.15) is 26.3 Å². The van der Waals surface area contributed by atoms with E-state index in [4.69, 9.17) is 11.1 Å². The molecule has 0 radical (unpaired) electrons. The predicted octanol–water partition coefficient (Wildman–Crippen LogP) is 2.68. The van der Waals surface area contributed by atoms with Gasteiger partial charge in [0.1, 0.15) is 0 Å². The summed E-state index contributed by atoms with van der Waals surface area (Å²) in [7, 11) is 0. The maximum absolute atomic E-state index is 7.30. The van der Waals surface area contributed by atoms with Gasteiger partial charge in [-0.25, -0.2) is 0 Å². The average Bonchev–Trinajstić information content (AvgIpc) is 2.08. The molecule has 2 nitrogen and oxygen atoms in total. The zero-order valence-electron chi connectivity index (χ0n) is 7.89. The van der Waals surface area contributed by atoms with Crippen LogP contribution < -0.4 is 5.73 Å². The Hall–Kier alpha value is -1.31. The van der Waals surface area contributed by atoms with Crippen molar-refractivity contribution in [2.24, 2.45) is 0 Å². The van der Waals surface area contributed by atoms with Gasteiger partial charge >= 0.3 is 0 Å². The minimum atomic E-state index is 0.512. The van der Waals surface area contributed by atoms with Crippen LogP contribution in [0.2, 0.25) is 0 Å². The number of nitrogen functional groups attached to an aromatic ring is 1. The third kappa shape index (κ3) is 2.74. The summed E-state index contributed by atoms with van der Waals surface area (Å²) in [4.78, 5) is 0.